The highest BCUT2D eigenvalue weighted by Crippen LogP contribution is 2.14. The molecule has 0 saturated heterocycles. The molecule has 0 aromatic heterocycles. The fraction of sp³-hybridized carbons (Fsp3) is 0.250. The van der Waals surface area contributed by atoms with Crippen LogP contribution in [0.15, 0.2) is 48.5 Å². The van der Waals surface area contributed by atoms with Crippen molar-refractivity contribution in [2.75, 3.05) is 17.7 Å². The summed E-state index contributed by atoms with van der Waals surface area (Å²) in [4.78, 5) is 35.4. The summed E-state index contributed by atoms with van der Waals surface area (Å²) in [6.45, 7) is 2.06. The van der Waals surface area contributed by atoms with Crippen molar-refractivity contribution in [1.82, 2.24) is 5.32 Å². The minimum atomic E-state index is -0.313. The number of hydrogen-bond donors (Lipinski definition) is 3. The second-order valence-corrected chi connectivity index (χ2v) is 5.80. The van der Waals surface area contributed by atoms with Crippen molar-refractivity contribution in [2.45, 2.75) is 26.2 Å². The standard InChI is InChI=1S/C20H23N3O3/c1-3-14-4-6-15(7-5-14)18(24)12-13-19(25)22-16-8-10-17(11-9-16)23-20(26)21-2/h4-11H,3,12-13H2,1-2H3,(H,22,25)(H2,21,23,26). The van der Waals surface area contributed by atoms with Gasteiger partial charge in [0.1, 0.15) is 0 Å². The first-order valence-electron chi connectivity index (χ1n) is 8.52. The van der Waals surface area contributed by atoms with Gasteiger partial charge in [0.05, 0.1) is 0 Å². The molecule has 0 radical (unpaired) electrons. The Labute approximate surface area is 153 Å². The Morgan fingerprint density at radius 2 is 1.38 bits per heavy atom. The third-order valence-corrected chi connectivity index (χ3v) is 3.92. The zero-order valence-electron chi connectivity index (χ0n) is 15.0. The van der Waals surface area contributed by atoms with Crippen molar-refractivity contribution in [3.05, 3.63) is 59.7 Å². The van der Waals surface area contributed by atoms with E-state index in [9.17, 15) is 14.4 Å². The normalized spacial score (nSPS) is 10.1. The van der Waals surface area contributed by atoms with Gasteiger partial charge in [0.25, 0.3) is 0 Å². The number of carbonyl (C=O) groups excluding carboxylic acids is 3. The van der Waals surface area contributed by atoms with E-state index in [0.717, 1.165) is 6.42 Å². The maximum Gasteiger partial charge on any atom is 0.318 e. The Kier molecular flexibility index (Phi) is 6.91. The highest BCUT2D eigenvalue weighted by Gasteiger charge is 2.10. The smallest absolute Gasteiger partial charge is 0.318 e. The zero-order valence-corrected chi connectivity index (χ0v) is 15.0. The number of nitrogens with one attached hydrogen (secondary N) is 3. The van der Waals surface area contributed by atoms with Crippen LogP contribution in [-0.2, 0) is 11.2 Å². The SMILES string of the molecule is CCc1ccc(C(=O)CCC(=O)Nc2ccc(NC(=O)NC)cc2)cc1. The molecular formula is C20H23N3O3. The van der Waals surface area contributed by atoms with E-state index in [1.54, 1.807) is 36.4 Å². The largest absolute Gasteiger partial charge is 0.341 e. The monoisotopic (exact) mass is 353 g/mol. The summed E-state index contributed by atoms with van der Waals surface area (Å²) in [5.74, 6) is -0.275. The topological polar surface area (TPSA) is 87.3 Å². The third kappa shape index (κ3) is 5.73. The number of rotatable bonds is 7. The fourth-order valence-corrected chi connectivity index (χ4v) is 2.35. The highest BCUT2D eigenvalue weighted by molar-refractivity contribution is 6.00. The summed E-state index contributed by atoms with van der Waals surface area (Å²) in [7, 11) is 1.53. The average Bonchev–Trinajstić information content (AvgIpc) is 2.67. The first-order valence-corrected chi connectivity index (χ1v) is 8.52. The summed E-state index contributed by atoms with van der Waals surface area (Å²) < 4.78 is 0. The van der Waals surface area contributed by atoms with Crippen LogP contribution in [0.5, 0.6) is 0 Å². The molecule has 6 nitrogen and oxygen atoms in total. The first kappa shape index (κ1) is 19.2. The number of urea groups is 1. The lowest BCUT2D eigenvalue weighted by Crippen LogP contribution is -2.24. The second-order valence-electron chi connectivity index (χ2n) is 5.80. The van der Waals surface area contributed by atoms with Gasteiger partial charge in [-0.1, -0.05) is 31.2 Å². The number of benzene rings is 2. The Morgan fingerprint density at radius 1 is 0.808 bits per heavy atom. The molecule has 0 saturated carbocycles. The second kappa shape index (κ2) is 9.36. The van der Waals surface area contributed by atoms with Crippen LogP contribution in [0.1, 0.15) is 35.7 Å². The Hall–Kier alpha value is -3.15. The summed E-state index contributed by atoms with van der Waals surface area (Å²) >= 11 is 0. The lowest BCUT2D eigenvalue weighted by Gasteiger charge is -2.08. The Balaban J connectivity index is 1.82. The maximum absolute atomic E-state index is 12.2. The summed E-state index contributed by atoms with van der Waals surface area (Å²) in [5.41, 5.74) is 3.03. The van der Waals surface area contributed by atoms with Gasteiger partial charge >= 0.3 is 6.03 Å². The van der Waals surface area contributed by atoms with Gasteiger partial charge in [-0.3, -0.25) is 9.59 Å². The van der Waals surface area contributed by atoms with Crippen molar-refractivity contribution < 1.29 is 14.4 Å². The molecule has 3 N–H and O–H groups in total. The number of ketones is 1. The van der Waals surface area contributed by atoms with Crippen LogP contribution in [0, 0.1) is 0 Å². The van der Waals surface area contributed by atoms with Crippen LogP contribution in [0.25, 0.3) is 0 Å². The molecule has 0 aliphatic carbocycles. The molecule has 26 heavy (non-hydrogen) atoms. The van der Waals surface area contributed by atoms with Crippen LogP contribution in [-0.4, -0.2) is 24.8 Å². The van der Waals surface area contributed by atoms with E-state index in [0.29, 0.717) is 16.9 Å². The molecular weight excluding hydrogens is 330 g/mol. The van der Waals surface area contributed by atoms with Gasteiger partial charge in [-0.25, -0.2) is 4.79 Å². The van der Waals surface area contributed by atoms with Crippen molar-refractivity contribution in [2.24, 2.45) is 0 Å². The summed E-state index contributed by atoms with van der Waals surface area (Å²) in [6.07, 6.45) is 1.20. The molecule has 2 aromatic carbocycles. The van der Waals surface area contributed by atoms with E-state index in [1.165, 1.54) is 12.6 Å². The minimum absolute atomic E-state index is 0.0482. The number of hydrogen-bond acceptors (Lipinski definition) is 3. The van der Waals surface area contributed by atoms with E-state index in [4.69, 9.17) is 0 Å². The minimum Gasteiger partial charge on any atom is -0.341 e. The molecule has 0 aliphatic heterocycles. The molecule has 6 heteroatoms. The van der Waals surface area contributed by atoms with Gasteiger partial charge < -0.3 is 16.0 Å². The number of Topliss-reactive ketones (excluding diaryl/α,β-unsaturated/α-hetero) is 1. The van der Waals surface area contributed by atoms with Crippen LogP contribution in [0.2, 0.25) is 0 Å². The number of anilines is 2. The van der Waals surface area contributed by atoms with Crippen molar-refractivity contribution in [1.29, 1.82) is 0 Å². The summed E-state index contributed by atoms with van der Waals surface area (Å²) in [5, 5.41) is 7.83. The van der Waals surface area contributed by atoms with Crippen LogP contribution >= 0.6 is 0 Å². The van der Waals surface area contributed by atoms with E-state index in [2.05, 4.69) is 22.9 Å². The van der Waals surface area contributed by atoms with Crippen molar-refractivity contribution in [3.8, 4) is 0 Å². The molecule has 0 spiro atoms. The van der Waals surface area contributed by atoms with E-state index in [-0.39, 0.29) is 30.6 Å². The fourth-order valence-electron chi connectivity index (χ4n) is 2.35. The van der Waals surface area contributed by atoms with Crippen molar-refractivity contribution in [3.63, 3.8) is 0 Å². The molecule has 0 bridgehead atoms. The van der Waals surface area contributed by atoms with Gasteiger partial charge in [0, 0.05) is 36.8 Å². The van der Waals surface area contributed by atoms with Crippen LogP contribution in [0.3, 0.4) is 0 Å². The van der Waals surface area contributed by atoms with Gasteiger partial charge in [0.2, 0.25) is 5.91 Å². The highest BCUT2D eigenvalue weighted by atomic mass is 16.2. The predicted molar refractivity (Wildman–Crippen MR) is 103 cm³/mol. The molecule has 0 unspecified atom stereocenters. The molecule has 136 valence electrons. The molecule has 0 aliphatic rings. The Bertz CT molecular complexity index is 768. The molecule has 2 aromatic rings. The number of carbonyl (C=O) groups is 3. The third-order valence-electron chi connectivity index (χ3n) is 3.92. The quantitative estimate of drug-likeness (QED) is 0.665. The van der Waals surface area contributed by atoms with Gasteiger partial charge in [-0.2, -0.15) is 0 Å². The van der Waals surface area contributed by atoms with Gasteiger partial charge in [-0.15, -0.1) is 0 Å². The van der Waals surface area contributed by atoms with Crippen LogP contribution in [0.4, 0.5) is 16.2 Å². The maximum atomic E-state index is 12.2. The molecule has 0 atom stereocenters. The predicted octanol–water partition coefficient (Wildman–Crippen LogP) is 3.60. The number of aryl methyl sites for hydroxylation is 1. The molecule has 3 amide bonds. The number of amides is 3. The molecule has 2 rings (SSSR count). The van der Waals surface area contributed by atoms with Crippen LogP contribution < -0.4 is 16.0 Å². The zero-order chi connectivity index (χ0) is 18.9. The molecule has 0 heterocycles. The van der Waals surface area contributed by atoms with Crippen molar-refractivity contribution >= 4 is 29.1 Å². The first-order chi connectivity index (χ1) is 12.5. The molecule has 0 fully saturated rings. The lowest BCUT2D eigenvalue weighted by molar-refractivity contribution is -0.116. The van der Waals surface area contributed by atoms with E-state index >= 15 is 0 Å². The van der Waals surface area contributed by atoms with E-state index < -0.39 is 0 Å². The Morgan fingerprint density at radius 3 is 1.92 bits per heavy atom. The van der Waals surface area contributed by atoms with E-state index in [1.807, 2.05) is 12.1 Å². The van der Waals surface area contributed by atoms with Gasteiger partial charge in [0.15, 0.2) is 5.78 Å². The average molecular weight is 353 g/mol. The van der Waals surface area contributed by atoms with Gasteiger partial charge in [-0.05, 0) is 36.2 Å². The lowest BCUT2D eigenvalue weighted by atomic mass is 10.0. The summed E-state index contributed by atoms with van der Waals surface area (Å²) in [6, 6.07) is 13.9.